The Morgan fingerprint density at radius 3 is 2.68 bits per heavy atom. The lowest BCUT2D eigenvalue weighted by molar-refractivity contribution is 0.0282. The summed E-state index contributed by atoms with van der Waals surface area (Å²) in [5.74, 6) is 0.735. The maximum Gasteiger partial charge on any atom is 0.317 e. The average Bonchev–Trinajstić information content (AvgIpc) is 2.73. The van der Waals surface area contributed by atoms with E-state index in [2.05, 4.69) is 4.98 Å². The van der Waals surface area contributed by atoms with Crippen molar-refractivity contribution < 1.29 is 14.6 Å². The first kappa shape index (κ1) is 22.8. The summed E-state index contributed by atoms with van der Waals surface area (Å²) in [6.45, 7) is 5.89. The Kier molecular flexibility index (Phi) is 7.36. The van der Waals surface area contributed by atoms with Crippen LogP contribution in [0.5, 0.6) is 11.6 Å². The van der Waals surface area contributed by atoms with Crippen molar-refractivity contribution in [2.75, 3.05) is 13.2 Å². The smallest absolute Gasteiger partial charge is 0.317 e. The molecule has 3 aromatic rings. The summed E-state index contributed by atoms with van der Waals surface area (Å²) in [5, 5.41) is 10.6. The van der Waals surface area contributed by atoms with Crippen molar-refractivity contribution in [3.05, 3.63) is 81.4 Å². The van der Waals surface area contributed by atoms with Gasteiger partial charge in [0, 0.05) is 29.5 Å². The molecule has 0 aliphatic heterocycles. The second-order valence-electron chi connectivity index (χ2n) is 7.88. The number of nitrogens with zero attached hydrogens (tertiary/aromatic N) is 2. The summed E-state index contributed by atoms with van der Waals surface area (Å²) < 4.78 is 12.9. The molecule has 0 saturated carbocycles. The molecule has 0 bridgehead atoms. The van der Waals surface area contributed by atoms with Crippen LogP contribution in [0.25, 0.3) is 5.69 Å². The van der Waals surface area contributed by atoms with Gasteiger partial charge in [-0.3, -0.25) is 9.36 Å². The SMILES string of the molecule is CCc1cc(-n2ccnc(OCCc3cccc(Cl)c3)c2=O)ccc1OCC(C)(C)O. The van der Waals surface area contributed by atoms with E-state index in [4.69, 9.17) is 21.1 Å². The highest BCUT2D eigenvalue weighted by atomic mass is 35.5. The molecule has 3 rings (SSSR count). The van der Waals surface area contributed by atoms with Crippen LogP contribution < -0.4 is 15.0 Å². The van der Waals surface area contributed by atoms with Gasteiger partial charge in [0.2, 0.25) is 0 Å². The molecule has 0 atom stereocenters. The fourth-order valence-corrected chi connectivity index (χ4v) is 3.25. The third-order valence-electron chi connectivity index (χ3n) is 4.61. The first-order valence-corrected chi connectivity index (χ1v) is 10.6. The number of ether oxygens (including phenoxy) is 2. The first-order chi connectivity index (χ1) is 14.8. The molecular weight excluding hydrogens is 416 g/mol. The minimum Gasteiger partial charge on any atom is -0.490 e. The van der Waals surface area contributed by atoms with E-state index in [9.17, 15) is 9.90 Å². The van der Waals surface area contributed by atoms with Crippen LogP contribution in [0.2, 0.25) is 5.02 Å². The topological polar surface area (TPSA) is 73.6 Å². The number of aryl methyl sites for hydroxylation is 1. The van der Waals surface area contributed by atoms with Crippen molar-refractivity contribution in [1.29, 1.82) is 0 Å². The molecule has 0 aliphatic rings. The Morgan fingerprint density at radius 1 is 1.16 bits per heavy atom. The third kappa shape index (κ3) is 6.32. The van der Waals surface area contributed by atoms with Crippen LogP contribution in [0.3, 0.4) is 0 Å². The van der Waals surface area contributed by atoms with E-state index in [0.29, 0.717) is 29.5 Å². The molecule has 2 aromatic carbocycles. The van der Waals surface area contributed by atoms with Crippen molar-refractivity contribution in [1.82, 2.24) is 9.55 Å². The normalized spacial score (nSPS) is 11.4. The summed E-state index contributed by atoms with van der Waals surface area (Å²) in [6, 6.07) is 13.0. The maximum absolute atomic E-state index is 12.9. The average molecular weight is 443 g/mol. The largest absolute Gasteiger partial charge is 0.490 e. The molecule has 1 N–H and O–H groups in total. The molecule has 6 nitrogen and oxygen atoms in total. The monoisotopic (exact) mass is 442 g/mol. The highest BCUT2D eigenvalue weighted by molar-refractivity contribution is 6.30. The van der Waals surface area contributed by atoms with Gasteiger partial charge in [-0.1, -0.05) is 30.7 Å². The van der Waals surface area contributed by atoms with Crippen LogP contribution in [0.15, 0.2) is 59.7 Å². The predicted molar refractivity (Wildman–Crippen MR) is 122 cm³/mol. The molecule has 0 spiro atoms. The molecule has 7 heteroatoms. The second kappa shape index (κ2) is 9.98. The summed E-state index contributed by atoms with van der Waals surface area (Å²) in [7, 11) is 0. The Labute approximate surface area is 187 Å². The third-order valence-corrected chi connectivity index (χ3v) is 4.85. The lowest BCUT2D eigenvalue weighted by Gasteiger charge is -2.20. The highest BCUT2D eigenvalue weighted by Crippen LogP contribution is 2.23. The molecule has 0 unspecified atom stereocenters. The van der Waals surface area contributed by atoms with Gasteiger partial charge in [-0.25, -0.2) is 4.98 Å². The fourth-order valence-electron chi connectivity index (χ4n) is 3.04. The van der Waals surface area contributed by atoms with E-state index in [-0.39, 0.29) is 18.0 Å². The number of aliphatic hydroxyl groups is 1. The minimum atomic E-state index is -0.928. The molecule has 0 amide bonds. The van der Waals surface area contributed by atoms with Crippen molar-refractivity contribution in [2.24, 2.45) is 0 Å². The van der Waals surface area contributed by atoms with Crippen LogP contribution in [0.4, 0.5) is 0 Å². The number of rotatable bonds is 9. The molecule has 0 fully saturated rings. The number of halogens is 1. The van der Waals surface area contributed by atoms with Gasteiger partial charge in [0.05, 0.1) is 12.2 Å². The molecular formula is C24H27ClN2O4. The standard InChI is InChI=1S/C24H27ClN2O4/c1-4-18-15-20(8-9-21(18)31-16-24(2,3)29)27-12-11-26-22(23(27)28)30-13-10-17-6-5-7-19(25)14-17/h5-9,11-12,14-15,29H,4,10,13,16H2,1-3H3. The molecule has 164 valence electrons. The minimum absolute atomic E-state index is 0.0462. The summed E-state index contributed by atoms with van der Waals surface area (Å²) >= 11 is 6.00. The van der Waals surface area contributed by atoms with Crippen molar-refractivity contribution in [3.8, 4) is 17.3 Å². The van der Waals surface area contributed by atoms with E-state index in [1.807, 2.05) is 43.3 Å². The van der Waals surface area contributed by atoms with Gasteiger partial charge in [-0.2, -0.15) is 0 Å². The molecule has 0 aliphatic carbocycles. The fraction of sp³-hybridized carbons (Fsp3) is 0.333. The zero-order valence-corrected chi connectivity index (χ0v) is 18.7. The van der Waals surface area contributed by atoms with E-state index in [0.717, 1.165) is 17.5 Å². The quantitative estimate of drug-likeness (QED) is 0.537. The van der Waals surface area contributed by atoms with Gasteiger partial charge in [0.1, 0.15) is 12.4 Å². The lowest BCUT2D eigenvalue weighted by atomic mass is 10.1. The number of hydrogen-bond acceptors (Lipinski definition) is 5. The first-order valence-electron chi connectivity index (χ1n) is 10.2. The van der Waals surface area contributed by atoms with Gasteiger partial charge < -0.3 is 14.6 Å². The highest BCUT2D eigenvalue weighted by Gasteiger charge is 2.15. The van der Waals surface area contributed by atoms with Crippen molar-refractivity contribution in [2.45, 2.75) is 39.2 Å². The van der Waals surface area contributed by atoms with Gasteiger partial charge in [0.15, 0.2) is 0 Å². The van der Waals surface area contributed by atoms with Crippen molar-refractivity contribution in [3.63, 3.8) is 0 Å². The molecule has 1 aromatic heterocycles. The second-order valence-corrected chi connectivity index (χ2v) is 8.32. The summed E-state index contributed by atoms with van der Waals surface area (Å²) in [4.78, 5) is 17.0. The molecule has 1 heterocycles. The van der Waals surface area contributed by atoms with E-state index in [1.54, 1.807) is 32.3 Å². The number of aromatic nitrogens is 2. The van der Waals surface area contributed by atoms with Crippen LogP contribution in [0, 0.1) is 0 Å². The zero-order valence-electron chi connectivity index (χ0n) is 18.0. The Morgan fingerprint density at radius 2 is 1.97 bits per heavy atom. The van der Waals surface area contributed by atoms with Crippen LogP contribution in [0.1, 0.15) is 31.9 Å². The summed E-state index contributed by atoms with van der Waals surface area (Å²) in [6.07, 6.45) is 4.49. The van der Waals surface area contributed by atoms with Crippen LogP contribution in [-0.2, 0) is 12.8 Å². The number of benzene rings is 2. The van der Waals surface area contributed by atoms with E-state index in [1.165, 1.54) is 4.57 Å². The van der Waals surface area contributed by atoms with Gasteiger partial charge in [0.25, 0.3) is 5.88 Å². The Bertz CT molecular complexity index is 1090. The molecule has 31 heavy (non-hydrogen) atoms. The predicted octanol–water partition coefficient (Wildman–Crippen LogP) is 4.22. The molecule has 0 radical (unpaired) electrons. The summed E-state index contributed by atoms with van der Waals surface area (Å²) in [5.41, 5.74) is 1.40. The Balaban J connectivity index is 1.76. The van der Waals surface area contributed by atoms with Crippen LogP contribution in [-0.4, -0.2) is 33.5 Å². The van der Waals surface area contributed by atoms with Gasteiger partial charge in [-0.05, 0) is 61.7 Å². The molecule has 0 saturated heterocycles. The lowest BCUT2D eigenvalue weighted by Crippen LogP contribution is -2.28. The zero-order chi connectivity index (χ0) is 22.4. The van der Waals surface area contributed by atoms with Crippen LogP contribution >= 0.6 is 11.6 Å². The van der Waals surface area contributed by atoms with Gasteiger partial charge >= 0.3 is 5.56 Å². The number of hydrogen-bond donors (Lipinski definition) is 1. The maximum atomic E-state index is 12.9. The van der Waals surface area contributed by atoms with Gasteiger partial charge in [-0.15, -0.1) is 0 Å². The Hall–Kier alpha value is -2.83. The van der Waals surface area contributed by atoms with E-state index < -0.39 is 5.60 Å². The van der Waals surface area contributed by atoms with E-state index >= 15 is 0 Å². The van der Waals surface area contributed by atoms with Crippen molar-refractivity contribution >= 4 is 11.6 Å².